The lowest BCUT2D eigenvalue weighted by Gasteiger charge is -2.05. The van der Waals surface area contributed by atoms with Crippen molar-refractivity contribution in [3.05, 3.63) is 50.2 Å². The molecule has 0 radical (unpaired) electrons. The first kappa shape index (κ1) is 14.3. The predicted octanol–water partition coefficient (Wildman–Crippen LogP) is 3.88. The van der Waals surface area contributed by atoms with E-state index in [0.29, 0.717) is 10.6 Å². The topological polar surface area (TPSA) is 34.9 Å². The molecule has 19 heavy (non-hydrogen) atoms. The van der Waals surface area contributed by atoms with Crippen LogP contribution in [0.5, 0.6) is 0 Å². The van der Waals surface area contributed by atoms with E-state index < -0.39 is 0 Å². The van der Waals surface area contributed by atoms with E-state index in [2.05, 4.69) is 21.0 Å². The first-order valence-electron chi connectivity index (χ1n) is 5.87. The van der Waals surface area contributed by atoms with Crippen molar-refractivity contribution >= 4 is 33.3 Å². The van der Waals surface area contributed by atoms with Gasteiger partial charge < -0.3 is 0 Å². The van der Waals surface area contributed by atoms with Gasteiger partial charge in [-0.15, -0.1) is 0 Å². The molecule has 0 unspecified atom stereocenters. The normalized spacial score (nSPS) is 10.8. The molecule has 1 heterocycles. The molecule has 0 N–H and O–H groups in total. The summed E-state index contributed by atoms with van der Waals surface area (Å²) in [7, 11) is 1.80. The first-order chi connectivity index (χ1) is 8.88. The van der Waals surface area contributed by atoms with Gasteiger partial charge in [0.05, 0.1) is 22.8 Å². The van der Waals surface area contributed by atoms with Gasteiger partial charge in [-0.25, -0.2) is 0 Å². The Labute approximate surface area is 125 Å². The summed E-state index contributed by atoms with van der Waals surface area (Å²) in [5.41, 5.74) is 3.23. The Bertz CT molecular complexity index is 629. The maximum Gasteiger partial charge on any atom is 0.168 e. The zero-order valence-corrected chi connectivity index (χ0v) is 13.3. The van der Waals surface area contributed by atoms with Gasteiger partial charge in [-0.05, 0) is 37.6 Å². The van der Waals surface area contributed by atoms with Gasteiger partial charge in [-0.2, -0.15) is 5.10 Å². The van der Waals surface area contributed by atoms with Crippen LogP contribution in [0.1, 0.15) is 27.3 Å². The van der Waals surface area contributed by atoms with E-state index in [1.54, 1.807) is 11.7 Å². The lowest BCUT2D eigenvalue weighted by molar-refractivity contribution is 0.0990. The molecule has 1 aromatic carbocycles. The number of aromatic nitrogens is 2. The summed E-state index contributed by atoms with van der Waals surface area (Å²) in [5.74, 6) is 0.0364. The minimum absolute atomic E-state index is 0.0364. The van der Waals surface area contributed by atoms with Gasteiger partial charge in [0, 0.05) is 17.1 Å². The quantitative estimate of drug-likeness (QED) is 0.794. The molecule has 0 bridgehead atoms. The molecule has 3 nitrogen and oxygen atoms in total. The molecule has 0 aliphatic rings. The Kier molecular flexibility index (Phi) is 4.11. The van der Waals surface area contributed by atoms with Crippen molar-refractivity contribution in [1.82, 2.24) is 9.78 Å². The van der Waals surface area contributed by atoms with Crippen LogP contribution in [0.3, 0.4) is 0 Å². The summed E-state index contributed by atoms with van der Waals surface area (Å²) >= 11 is 9.57. The molecule has 2 aromatic rings. The van der Waals surface area contributed by atoms with E-state index in [4.69, 9.17) is 11.6 Å². The molecule has 0 saturated heterocycles. The monoisotopic (exact) mass is 340 g/mol. The molecular weight excluding hydrogens is 328 g/mol. The third-order valence-corrected chi connectivity index (χ3v) is 3.90. The Hall–Kier alpha value is -1.13. The second kappa shape index (κ2) is 5.47. The largest absolute Gasteiger partial charge is 0.294 e. The van der Waals surface area contributed by atoms with E-state index in [9.17, 15) is 4.79 Å². The van der Waals surface area contributed by atoms with Crippen molar-refractivity contribution < 1.29 is 4.79 Å². The molecule has 5 heteroatoms. The Morgan fingerprint density at radius 2 is 2.05 bits per heavy atom. The van der Waals surface area contributed by atoms with Crippen LogP contribution in [-0.4, -0.2) is 15.6 Å². The second-order valence-corrected chi connectivity index (χ2v) is 5.88. The van der Waals surface area contributed by atoms with E-state index in [0.717, 1.165) is 21.4 Å². The number of halogens is 2. The van der Waals surface area contributed by atoms with Crippen molar-refractivity contribution in [3.8, 4) is 0 Å². The van der Waals surface area contributed by atoms with Crippen LogP contribution in [-0.2, 0) is 13.5 Å². The number of carbonyl (C=O) groups is 1. The van der Waals surface area contributed by atoms with E-state index in [1.165, 1.54) is 0 Å². The molecule has 0 fully saturated rings. The minimum atomic E-state index is 0.0364. The number of nitrogens with zero attached hydrogens (tertiary/aromatic N) is 2. The third-order valence-electron chi connectivity index (χ3n) is 2.95. The Morgan fingerprint density at radius 1 is 1.37 bits per heavy atom. The molecule has 0 amide bonds. The number of aryl methyl sites for hydroxylation is 3. The average molecular weight is 342 g/mol. The maximum absolute atomic E-state index is 12.3. The lowest BCUT2D eigenvalue weighted by atomic mass is 10.0. The number of hydrogen-bond donors (Lipinski definition) is 0. The van der Waals surface area contributed by atoms with Gasteiger partial charge in [0.1, 0.15) is 0 Å². The fourth-order valence-electron chi connectivity index (χ4n) is 2.02. The van der Waals surface area contributed by atoms with Crippen LogP contribution in [0.2, 0.25) is 5.02 Å². The summed E-state index contributed by atoms with van der Waals surface area (Å²) in [6, 6.07) is 5.68. The van der Waals surface area contributed by atoms with Crippen LogP contribution in [0, 0.1) is 13.8 Å². The fourth-order valence-corrected chi connectivity index (χ4v) is 2.86. The van der Waals surface area contributed by atoms with E-state index >= 15 is 0 Å². The highest BCUT2D eigenvalue weighted by Gasteiger charge is 2.16. The second-order valence-electron chi connectivity index (χ2n) is 4.59. The highest BCUT2D eigenvalue weighted by atomic mass is 79.9. The van der Waals surface area contributed by atoms with Crippen molar-refractivity contribution in [2.75, 3.05) is 0 Å². The summed E-state index contributed by atoms with van der Waals surface area (Å²) in [6.45, 7) is 3.79. The van der Waals surface area contributed by atoms with Crippen molar-refractivity contribution in [1.29, 1.82) is 0 Å². The van der Waals surface area contributed by atoms with Gasteiger partial charge in [0.25, 0.3) is 0 Å². The molecule has 1 aromatic heterocycles. The summed E-state index contributed by atoms with van der Waals surface area (Å²) in [6.07, 6.45) is 0.256. The van der Waals surface area contributed by atoms with E-state index in [1.807, 2.05) is 32.0 Å². The molecule has 0 aliphatic heterocycles. The smallest absolute Gasteiger partial charge is 0.168 e. The number of ketones is 1. The van der Waals surface area contributed by atoms with Gasteiger partial charge in [-0.1, -0.05) is 27.5 Å². The first-order valence-corrected chi connectivity index (χ1v) is 7.04. The summed E-state index contributed by atoms with van der Waals surface area (Å²) in [5, 5.41) is 4.79. The van der Waals surface area contributed by atoms with Gasteiger partial charge in [0.15, 0.2) is 5.78 Å². The lowest BCUT2D eigenvalue weighted by Crippen LogP contribution is -2.08. The maximum atomic E-state index is 12.3. The van der Waals surface area contributed by atoms with Gasteiger partial charge in [-0.3, -0.25) is 9.48 Å². The fraction of sp³-hybridized carbons (Fsp3) is 0.286. The molecule has 0 aliphatic carbocycles. The molecule has 0 atom stereocenters. The van der Waals surface area contributed by atoms with Crippen molar-refractivity contribution in [2.24, 2.45) is 7.05 Å². The minimum Gasteiger partial charge on any atom is -0.294 e. The van der Waals surface area contributed by atoms with E-state index in [-0.39, 0.29) is 12.2 Å². The number of benzene rings is 1. The van der Waals surface area contributed by atoms with Gasteiger partial charge in [0.2, 0.25) is 0 Å². The summed E-state index contributed by atoms with van der Waals surface area (Å²) in [4.78, 5) is 12.3. The standard InChI is InChI=1S/C14H14BrClN2O/c1-8-4-10(6-11(15)5-8)13(19)7-12-14(16)9(2)17-18(12)3/h4-6H,7H2,1-3H3. The molecule has 100 valence electrons. The SMILES string of the molecule is Cc1cc(Br)cc(C(=O)Cc2c(Cl)c(C)nn2C)c1. The highest BCUT2D eigenvalue weighted by Crippen LogP contribution is 2.22. The number of rotatable bonds is 3. The number of hydrogen-bond acceptors (Lipinski definition) is 2. The van der Waals surface area contributed by atoms with Crippen LogP contribution in [0.15, 0.2) is 22.7 Å². The highest BCUT2D eigenvalue weighted by molar-refractivity contribution is 9.10. The third kappa shape index (κ3) is 3.07. The van der Waals surface area contributed by atoms with Crippen molar-refractivity contribution in [3.63, 3.8) is 0 Å². The average Bonchev–Trinajstić information content (AvgIpc) is 2.54. The van der Waals surface area contributed by atoms with Gasteiger partial charge >= 0.3 is 0 Å². The molecule has 0 saturated carbocycles. The number of carbonyl (C=O) groups excluding carboxylic acids is 1. The predicted molar refractivity (Wildman–Crippen MR) is 79.9 cm³/mol. The van der Waals surface area contributed by atoms with Crippen LogP contribution in [0.25, 0.3) is 0 Å². The molecule has 2 rings (SSSR count). The Morgan fingerprint density at radius 3 is 2.58 bits per heavy atom. The van der Waals surface area contributed by atoms with Crippen LogP contribution in [0.4, 0.5) is 0 Å². The Balaban J connectivity index is 2.30. The number of Topliss-reactive ketones (excluding diaryl/α,β-unsaturated/α-hetero) is 1. The summed E-state index contributed by atoms with van der Waals surface area (Å²) < 4.78 is 2.57. The zero-order valence-electron chi connectivity index (χ0n) is 11.0. The van der Waals surface area contributed by atoms with Crippen LogP contribution >= 0.6 is 27.5 Å². The van der Waals surface area contributed by atoms with Crippen molar-refractivity contribution in [2.45, 2.75) is 20.3 Å². The molecule has 0 spiro atoms. The van der Waals surface area contributed by atoms with Crippen LogP contribution < -0.4 is 0 Å². The molecular formula is C14H14BrClN2O. The zero-order chi connectivity index (χ0) is 14.2.